The molecule has 0 atom stereocenters. The summed E-state index contributed by atoms with van der Waals surface area (Å²) in [7, 11) is 0. The fraction of sp³-hybridized carbons (Fsp3) is 0.192. The van der Waals surface area contributed by atoms with Crippen molar-refractivity contribution in [3.05, 3.63) is 86.6 Å². The lowest BCUT2D eigenvalue weighted by Gasteiger charge is -2.13. The molecular weight excluding hydrogens is 539 g/mol. The van der Waals surface area contributed by atoms with Crippen LogP contribution in [0.5, 0.6) is 11.5 Å². The van der Waals surface area contributed by atoms with Crippen LogP contribution in [0.1, 0.15) is 25.0 Å². The molecule has 3 aromatic carbocycles. The predicted molar refractivity (Wildman–Crippen MR) is 136 cm³/mol. The summed E-state index contributed by atoms with van der Waals surface area (Å²) in [6.07, 6.45) is -3.14. The van der Waals surface area contributed by atoms with Crippen molar-refractivity contribution in [2.45, 2.75) is 20.0 Å². The lowest BCUT2D eigenvalue weighted by atomic mass is 10.1. The molecule has 4 aromatic rings. The quantitative estimate of drug-likeness (QED) is 0.242. The summed E-state index contributed by atoms with van der Waals surface area (Å²) >= 11 is 3.47. The van der Waals surface area contributed by atoms with E-state index in [1.807, 2.05) is 13.8 Å². The minimum atomic E-state index is -4.55. The molecule has 0 aliphatic heterocycles. The molecule has 0 aliphatic rings. The molecule has 0 saturated carbocycles. The van der Waals surface area contributed by atoms with Crippen LogP contribution in [0.25, 0.3) is 22.3 Å². The average Bonchev–Trinajstić information content (AvgIpc) is 2.85. The van der Waals surface area contributed by atoms with Gasteiger partial charge in [-0.25, -0.2) is 4.98 Å². The first-order valence-electron chi connectivity index (χ1n) is 11.1. The van der Waals surface area contributed by atoms with Crippen molar-refractivity contribution in [1.82, 2.24) is 9.66 Å². The number of rotatable bonds is 7. The highest BCUT2D eigenvalue weighted by Gasteiger charge is 2.31. The fourth-order valence-electron chi connectivity index (χ4n) is 3.56. The molecule has 0 unspecified atom stereocenters. The Morgan fingerprint density at radius 3 is 2.39 bits per heavy atom. The van der Waals surface area contributed by atoms with Crippen LogP contribution in [0, 0.1) is 0 Å². The summed E-state index contributed by atoms with van der Waals surface area (Å²) in [5.74, 6) is 1.01. The first kappa shape index (κ1) is 25.4. The molecule has 0 bridgehead atoms. The minimum Gasteiger partial charge on any atom is -0.490 e. The van der Waals surface area contributed by atoms with Crippen LogP contribution < -0.4 is 15.0 Å². The lowest BCUT2D eigenvalue weighted by Crippen LogP contribution is -2.20. The van der Waals surface area contributed by atoms with E-state index < -0.39 is 17.3 Å². The Morgan fingerprint density at radius 1 is 1.00 bits per heavy atom. The van der Waals surface area contributed by atoms with Crippen molar-refractivity contribution in [2.24, 2.45) is 5.10 Å². The van der Waals surface area contributed by atoms with Crippen LogP contribution in [0.2, 0.25) is 0 Å². The number of hydrogen-bond acceptors (Lipinski definition) is 5. The van der Waals surface area contributed by atoms with Crippen LogP contribution in [0.15, 0.2) is 75.0 Å². The van der Waals surface area contributed by atoms with Crippen molar-refractivity contribution >= 4 is 33.0 Å². The SMILES string of the molecule is CCOc1cc(Br)c(C=Nn2c(-c3cccc(C(F)(F)F)c3)nc3ccccc3c2=O)cc1OCC. The van der Waals surface area contributed by atoms with Crippen molar-refractivity contribution in [1.29, 1.82) is 0 Å². The zero-order chi connectivity index (χ0) is 25.9. The maximum absolute atomic E-state index is 13.4. The molecule has 0 amide bonds. The third-order valence-electron chi connectivity index (χ3n) is 5.18. The molecular formula is C26H21BrF3N3O3. The van der Waals surface area contributed by atoms with Crippen LogP contribution in [0.4, 0.5) is 13.2 Å². The third kappa shape index (κ3) is 5.28. The summed E-state index contributed by atoms with van der Waals surface area (Å²) < 4.78 is 53.0. The molecule has 0 spiro atoms. The van der Waals surface area contributed by atoms with Crippen molar-refractivity contribution in [2.75, 3.05) is 13.2 Å². The molecule has 1 heterocycles. The largest absolute Gasteiger partial charge is 0.490 e. The van der Waals surface area contributed by atoms with Gasteiger partial charge in [0.2, 0.25) is 0 Å². The number of alkyl halides is 3. The van der Waals surface area contributed by atoms with Crippen molar-refractivity contribution in [3.63, 3.8) is 0 Å². The molecule has 0 radical (unpaired) electrons. The van der Waals surface area contributed by atoms with E-state index in [-0.39, 0.29) is 16.8 Å². The maximum atomic E-state index is 13.4. The number of fused-ring (bicyclic) bond motifs is 1. The fourth-order valence-corrected chi connectivity index (χ4v) is 3.98. The topological polar surface area (TPSA) is 65.7 Å². The summed E-state index contributed by atoms with van der Waals surface area (Å²) in [5.41, 5.74) is -0.352. The molecule has 4 rings (SSSR count). The smallest absolute Gasteiger partial charge is 0.416 e. The van der Waals surface area contributed by atoms with Gasteiger partial charge in [0.05, 0.1) is 35.9 Å². The van der Waals surface area contributed by atoms with E-state index in [2.05, 4.69) is 26.0 Å². The number of ether oxygens (including phenoxy) is 2. The number of hydrogen-bond donors (Lipinski definition) is 0. The van der Waals surface area contributed by atoms with E-state index in [9.17, 15) is 18.0 Å². The second kappa shape index (κ2) is 10.5. The number of aromatic nitrogens is 2. The molecule has 186 valence electrons. The van der Waals surface area contributed by atoms with E-state index in [0.29, 0.717) is 40.3 Å². The first-order valence-corrected chi connectivity index (χ1v) is 11.8. The molecule has 0 saturated heterocycles. The van der Waals surface area contributed by atoms with Crippen molar-refractivity contribution < 1.29 is 22.6 Å². The molecule has 0 N–H and O–H groups in total. The molecule has 10 heteroatoms. The highest BCUT2D eigenvalue weighted by Crippen LogP contribution is 2.34. The van der Waals surface area contributed by atoms with E-state index in [4.69, 9.17) is 9.47 Å². The monoisotopic (exact) mass is 559 g/mol. The van der Waals surface area contributed by atoms with Gasteiger partial charge in [0.15, 0.2) is 17.3 Å². The third-order valence-corrected chi connectivity index (χ3v) is 5.86. The van der Waals surface area contributed by atoms with Crippen molar-refractivity contribution in [3.8, 4) is 22.9 Å². The zero-order valence-electron chi connectivity index (χ0n) is 19.3. The lowest BCUT2D eigenvalue weighted by molar-refractivity contribution is -0.137. The van der Waals surface area contributed by atoms with E-state index >= 15 is 0 Å². The number of para-hydroxylation sites is 1. The van der Waals surface area contributed by atoms with Gasteiger partial charge in [-0.2, -0.15) is 22.9 Å². The Morgan fingerprint density at radius 2 is 1.69 bits per heavy atom. The normalized spacial score (nSPS) is 11.8. The molecule has 36 heavy (non-hydrogen) atoms. The van der Waals surface area contributed by atoms with Gasteiger partial charge < -0.3 is 9.47 Å². The molecule has 0 fully saturated rings. The second-order valence-electron chi connectivity index (χ2n) is 7.58. The second-order valence-corrected chi connectivity index (χ2v) is 8.43. The zero-order valence-corrected chi connectivity index (χ0v) is 20.9. The van der Waals surface area contributed by atoms with Crippen LogP contribution in [-0.2, 0) is 6.18 Å². The van der Waals surface area contributed by atoms with Gasteiger partial charge in [0.1, 0.15) is 0 Å². The van der Waals surface area contributed by atoms with Gasteiger partial charge >= 0.3 is 6.18 Å². The number of halogens is 4. The average molecular weight is 560 g/mol. The Balaban J connectivity index is 1.90. The van der Waals surface area contributed by atoms with Crippen LogP contribution >= 0.6 is 15.9 Å². The van der Waals surface area contributed by atoms with E-state index in [1.165, 1.54) is 18.3 Å². The first-order chi connectivity index (χ1) is 17.2. The van der Waals surface area contributed by atoms with E-state index in [0.717, 1.165) is 16.8 Å². The summed E-state index contributed by atoms with van der Waals surface area (Å²) in [6, 6.07) is 14.7. The van der Waals surface area contributed by atoms with Gasteiger partial charge in [-0.15, -0.1) is 0 Å². The Labute approximate surface area is 213 Å². The Kier molecular flexibility index (Phi) is 7.44. The number of nitrogens with zero attached hydrogens (tertiary/aromatic N) is 3. The van der Waals surface area contributed by atoms with E-state index in [1.54, 1.807) is 36.4 Å². The maximum Gasteiger partial charge on any atom is 0.416 e. The van der Waals surface area contributed by atoms with Gasteiger partial charge in [-0.3, -0.25) is 4.79 Å². The summed E-state index contributed by atoms with van der Waals surface area (Å²) in [5, 5.41) is 4.62. The van der Waals surface area contributed by atoms with Gasteiger partial charge in [0.25, 0.3) is 5.56 Å². The molecule has 1 aromatic heterocycles. The summed E-state index contributed by atoms with van der Waals surface area (Å²) in [6.45, 7) is 4.55. The minimum absolute atomic E-state index is 0.0202. The molecule has 6 nitrogen and oxygen atoms in total. The summed E-state index contributed by atoms with van der Waals surface area (Å²) in [4.78, 5) is 17.8. The van der Waals surface area contributed by atoms with Crippen LogP contribution in [-0.4, -0.2) is 29.1 Å². The Hall–Kier alpha value is -3.66. The van der Waals surface area contributed by atoms with Gasteiger partial charge in [-0.05, 0) is 66.2 Å². The van der Waals surface area contributed by atoms with Crippen LogP contribution in [0.3, 0.4) is 0 Å². The Bertz CT molecular complexity index is 1500. The number of benzene rings is 3. The molecule has 0 aliphatic carbocycles. The highest BCUT2D eigenvalue weighted by molar-refractivity contribution is 9.10. The predicted octanol–water partition coefficient (Wildman–Crippen LogP) is 6.52. The van der Waals surface area contributed by atoms with Gasteiger partial charge in [0, 0.05) is 15.6 Å². The highest BCUT2D eigenvalue weighted by atomic mass is 79.9. The standard InChI is InChI=1S/C26H21BrF3N3O3/c1-3-35-22-13-17(20(27)14-23(22)36-4-2)15-31-33-24(16-8-7-9-18(12-16)26(28,29)30)32-21-11-6-5-10-19(21)25(33)34/h5-15H,3-4H2,1-2H3. The van der Waals surface area contributed by atoms with Gasteiger partial charge in [-0.1, -0.05) is 24.3 Å².